The molecule has 0 fully saturated rings. The molecule has 11 aromatic rings. The van der Waals surface area contributed by atoms with E-state index in [0.717, 1.165) is 49.0 Å². The molecule has 52 heavy (non-hydrogen) atoms. The summed E-state index contributed by atoms with van der Waals surface area (Å²) in [4.78, 5) is 11.0. The first-order valence-electron chi connectivity index (χ1n) is 17.5. The summed E-state index contributed by atoms with van der Waals surface area (Å²) in [6, 6.07) is 45.7. The second-order valence-corrected chi connectivity index (χ2v) is 15.3. The number of hydrogen-bond acceptors (Lipinski definition) is 4. The summed E-state index contributed by atoms with van der Waals surface area (Å²) < 4.78 is 7.22. The van der Waals surface area contributed by atoms with E-state index in [9.17, 15) is 0 Å². The van der Waals surface area contributed by atoms with Crippen LogP contribution in [0.4, 0.5) is 0 Å². The van der Waals surface area contributed by atoms with Crippen LogP contribution in [0.25, 0.3) is 113 Å². The highest BCUT2D eigenvalue weighted by molar-refractivity contribution is 7.27. The van der Waals surface area contributed by atoms with Crippen molar-refractivity contribution >= 4 is 119 Å². The zero-order valence-corrected chi connectivity index (χ0v) is 29.9. The molecule has 0 atom stereocenters. The average molecular weight is 700 g/mol. The highest BCUT2D eigenvalue weighted by atomic mass is 32.1. The molecule has 0 aliphatic heterocycles. The van der Waals surface area contributed by atoms with Gasteiger partial charge in [0.15, 0.2) is 0 Å². The molecule has 0 saturated carbocycles. The Kier molecular flexibility index (Phi) is 6.36. The maximum absolute atomic E-state index is 5.50. The van der Waals surface area contributed by atoms with Gasteiger partial charge in [0, 0.05) is 62.9 Å². The second kappa shape index (κ2) is 11.2. The summed E-state index contributed by atoms with van der Waals surface area (Å²) in [5.74, 6) is 0.651. The molecule has 0 unspecified atom stereocenters. The first-order valence-corrected chi connectivity index (χ1v) is 19.1. The Morgan fingerprint density at radius 2 is 1.13 bits per heavy atom. The lowest BCUT2D eigenvalue weighted by atomic mass is 9.90. The van der Waals surface area contributed by atoms with Gasteiger partial charge >= 0.3 is 0 Å². The smallest absolute Gasteiger partial charge is 0.235 e. The summed E-state index contributed by atoms with van der Waals surface area (Å²) >= 11 is 3.65. The Morgan fingerprint density at radius 3 is 1.85 bits per heavy atom. The van der Waals surface area contributed by atoms with Crippen molar-refractivity contribution in [3.63, 3.8) is 0 Å². The summed E-state index contributed by atoms with van der Waals surface area (Å²) in [6.45, 7) is 6.54. The van der Waals surface area contributed by atoms with Gasteiger partial charge in [-0.15, -0.1) is 22.7 Å². The molecule has 0 bridgehead atoms. The van der Waals surface area contributed by atoms with E-state index >= 15 is 0 Å². The third-order valence-corrected chi connectivity index (χ3v) is 12.8. The van der Waals surface area contributed by atoms with Crippen LogP contribution >= 0.6 is 22.7 Å². The fraction of sp³-hybridized carbons (Fsp3) is 0.0213. The van der Waals surface area contributed by atoms with Crippen molar-refractivity contribution in [1.82, 2.24) is 14.5 Å². The van der Waals surface area contributed by atoms with Gasteiger partial charge in [-0.3, -0.25) is 4.57 Å². The number of rotatable bonds is 4. The number of aromatic nitrogens is 3. The second-order valence-electron chi connectivity index (χ2n) is 13.2. The highest BCUT2D eigenvalue weighted by Gasteiger charge is 2.27. The molecule has 0 aliphatic carbocycles. The topological polar surface area (TPSA) is 30.7 Å². The van der Waals surface area contributed by atoms with E-state index in [4.69, 9.17) is 9.97 Å². The van der Waals surface area contributed by atoms with E-state index < -0.39 is 0 Å². The molecular formula is C47H29N3S2. The molecule has 0 aliphatic rings. The molecule has 11 rings (SSSR count). The van der Waals surface area contributed by atoms with Crippen LogP contribution in [0.2, 0.25) is 0 Å². The lowest BCUT2D eigenvalue weighted by Gasteiger charge is -2.15. The summed E-state index contributed by atoms with van der Waals surface area (Å²) in [6.07, 6.45) is 6.34. The van der Waals surface area contributed by atoms with Crippen LogP contribution < -0.4 is 0 Å². The SMILES string of the molecule is C=Cc1c(/C=C\C)n(-c2nc(-c3ccccc3)c3sc4ccccc4c3n2)c2c3ccccc3c3c4sc5ccccc5c4c4ccccc4c3c12. The third kappa shape index (κ3) is 3.95. The molecule has 244 valence electrons. The average Bonchev–Trinajstić information content (AvgIpc) is 3.88. The third-order valence-electron chi connectivity index (χ3n) is 10.5. The molecular weight excluding hydrogens is 671 g/mol. The number of hydrogen-bond donors (Lipinski definition) is 0. The summed E-state index contributed by atoms with van der Waals surface area (Å²) in [5.41, 5.74) is 6.18. The van der Waals surface area contributed by atoms with Crippen LogP contribution in [-0.2, 0) is 0 Å². The number of benzene rings is 7. The normalized spacial score (nSPS) is 12.3. The maximum Gasteiger partial charge on any atom is 0.235 e. The lowest BCUT2D eigenvalue weighted by molar-refractivity contribution is 0.977. The van der Waals surface area contributed by atoms with Crippen LogP contribution in [0.3, 0.4) is 0 Å². The quantitative estimate of drug-likeness (QED) is 0.171. The van der Waals surface area contributed by atoms with Gasteiger partial charge in [-0.2, -0.15) is 0 Å². The van der Waals surface area contributed by atoms with Crippen LogP contribution in [0.15, 0.2) is 140 Å². The maximum atomic E-state index is 5.50. The van der Waals surface area contributed by atoms with Gasteiger partial charge in [0.05, 0.1) is 27.1 Å². The van der Waals surface area contributed by atoms with Crippen LogP contribution in [-0.4, -0.2) is 14.5 Å². The number of nitrogens with zero attached hydrogens (tertiary/aromatic N) is 3. The predicted octanol–water partition coefficient (Wildman–Crippen LogP) is 14.0. The minimum atomic E-state index is 0.651. The molecule has 0 N–H and O–H groups in total. The van der Waals surface area contributed by atoms with Gasteiger partial charge in [0.1, 0.15) is 0 Å². The van der Waals surface area contributed by atoms with Crippen molar-refractivity contribution in [2.75, 3.05) is 0 Å². The van der Waals surface area contributed by atoms with Crippen molar-refractivity contribution in [1.29, 1.82) is 0 Å². The van der Waals surface area contributed by atoms with Crippen molar-refractivity contribution in [2.24, 2.45) is 0 Å². The summed E-state index contributed by atoms with van der Waals surface area (Å²) in [7, 11) is 0. The molecule has 0 saturated heterocycles. The summed E-state index contributed by atoms with van der Waals surface area (Å²) in [5, 5.41) is 12.4. The molecule has 4 heterocycles. The first kappa shape index (κ1) is 29.6. The minimum absolute atomic E-state index is 0.651. The largest absolute Gasteiger partial charge is 0.277 e. The van der Waals surface area contributed by atoms with Crippen molar-refractivity contribution in [2.45, 2.75) is 6.92 Å². The number of fused-ring (bicyclic) bond motifs is 16. The molecule has 0 spiro atoms. The molecule has 3 nitrogen and oxygen atoms in total. The van der Waals surface area contributed by atoms with E-state index in [0.29, 0.717) is 5.95 Å². The fourth-order valence-corrected chi connectivity index (χ4v) is 10.8. The van der Waals surface area contributed by atoms with Gasteiger partial charge in [0.2, 0.25) is 5.95 Å². The van der Waals surface area contributed by atoms with Gasteiger partial charge in [-0.05, 0) is 41.3 Å². The van der Waals surface area contributed by atoms with Gasteiger partial charge in [-0.1, -0.05) is 134 Å². The zero-order chi connectivity index (χ0) is 34.5. The molecule has 4 aromatic heterocycles. The Hall–Kier alpha value is -6.14. The number of thiophene rings is 2. The molecule has 7 aromatic carbocycles. The molecule has 5 heteroatoms. The Morgan fingerprint density at radius 1 is 0.558 bits per heavy atom. The highest BCUT2D eigenvalue weighted by Crippen LogP contribution is 2.51. The first-order chi connectivity index (χ1) is 25.7. The lowest BCUT2D eigenvalue weighted by Crippen LogP contribution is -2.05. The van der Waals surface area contributed by atoms with Crippen LogP contribution in [0, 0.1) is 0 Å². The van der Waals surface area contributed by atoms with Crippen molar-refractivity contribution in [3.05, 3.63) is 151 Å². The van der Waals surface area contributed by atoms with Crippen molar-refractivity contribution in [3.8, 4) is 17.2 Å². The molecule has 0 radical (unpaired) electrons. The predicted molar refractivity (Wildman–Crippen MR) is 227 cm³/mol. The van der Waals surface area contributed by atoms with E-state index in [-0.39, 0.29) is 0 Å². The van der Waals surface area contributed by atoms with E-state index in [1.165, 1.54) is 57.2 Å². The standard InChI is InChI=1S/C47H29N3S2/c1-3-16-35-28(4-2)40-39-30-20-9-8-19-29(30)38-33-23-12-14-25-36(33)51-45(38)41(39)31-21-10-11-22-32(31)44(40)50(35)47-48-42(27-17-6-5-7-18-27)46-43(49-47)34-24-13-15-26-37(34)52-46/h3-26H,2H2,1H3/b16-3-. The Bertz CT molecular complexity index is 3320. The Labute approximate surface area is 307 Å². The van der Waals surface area contributed by atoms with E-state index in [2.05, 4.69) is 158 Å². The number of allylic oxidation sites excluding steroid dienone is 1. The van der Waals surface area contributed by atoms with E-state index in [1.54, 1.807) is 11.3 Å². The Balaban J connectivity index is 1.42. The molecule has 0 amide bonds. The van der Waals surface area contributed by atoms with Gasteiger partial charge < -0.3 is 0 Å². The fourth-order valence-electron chi connectivity index (χ4n) is 8.40. The van der Waals surface area contributed by atoms with Gasteiger partial charge in [-0.25, -0.2) is 9.97 Å². The monoisotopic (exact) mass is 699 g/mol. The van der Waals surface area contributed by atoms with Crippen LogP contribution in [0.5, 0.6) is 0 Å². The van der Waals surface area contributed by atoms with Crippen molar-refractivity contribution < 1.29 is 0 Å². The van der Waals surface area contributed by atoms with Gasteiger partial charge in [0.25, 0.3) is 0 Å². The zero-order valence-electron chi connectivity index (χ0n) is 28.2. The van der Waals surface area contributed by atoms with Crippen LogP contribution in [0.1, 0.15) is 18.2 Å². The minimum Gasteiger partial charge on any atom is -0.277 e. The van der Waals surface area contributed by atoms with E-state index in [1.807, 2.05) is 17.4 Å².